The van der Waals surface area contributed by atoms with Crippen molar-refractivity contribution in [2.75, 3.05) is 41.5 Å². The van der Waals surface area contributed by atoms with Gasteiger partial charge in [0, 0.05) is 52.4 Å². The second kappa shape index (κ2) is 15.0. The molecule has 0 aliphatic rings. The van der Waals surface area contributed by atoms with Gasteiger partial charge in [-0.1, -0.05) is 36.4 Å². The molecular weight excluding hydrogens is 503 g/mol. The average Bonchev–Trinajstić information content (AvgIpc) is 2.72. The summed E-state index contributed by atoms with van der Waals surface area (Å²) in [6.45, 7) is 5.70. The van der Waals surface area contributed by atoms with Crippen LogP contribution in [0.3, 0.4) is 0 Å². The van der Waals surface area contributed by atoms with Crippen LogP contribution in [0.2, 0.25) is 0 Å². The molecule has 31 heavy (non-hydrogen) atoms. The van der Waals surface area contributed by atoms with E-state index in [1.807, 2.05) is 0 Å². The molecule has 0 aromatic heterocycles. The summed E-state index contributed by atoms with van der Waals surface area (Å²) in [7, 11) is 7.66. The fourth-order valence-corrected chi connectivity index (χ4v) is 3.12. The van der Waals surface area contributed by atoms with E-state index in [9.17, 15) is 0 Å². The van der Waals surface area contributed by atoms with Gasteiger partial charge in [-0.3, -0.25) is 4.99 Å². The van der Waals surface area contributed by atoms with Gasteiger partial charge in [-0.2, -0.15) is 0 Å². The molecule has 2 aromatic rings. The Morgan fingerprint density at radius 2 is 1.74 bits per heavy atom. The van der Waals surface area contributed by atoms with Gasteiger partial charge in [0.15, 0.2) is 5.96 Å². The van der Waals surface area contributed by atoms with Gasteiger partial charge in [0.2, 0.25) is 0 Å². The maximum atomic E-state index is 5.98. The van der Waals surface area contributed by atoms with Crippen molar-refractivity contribution in [3.8, 4) is 5.75 Å². The molecule has 0 unspecified atom stereocenters. The summed E-state index contributed by atoms with van der Waals surface area (Å²) >= 11 is 0. The number of methoxy groups -OCH3 is 1. The molecule has 7 heteroatoms. The number of aryl methyl sites for hydroxylation is 1. The van der Waals surface area contributed by atoms with Crippen molar-refractivity contribution in [1.82, 2.24) is 15.5 Å². The van der Waals surface area contributed by atoms with E-state index in [0.29, 0.717) is 19.8 Å². The van der Waals surface area contributed by atoms with Crippen molar-refractivity contribution in [3.05, 3.63) is 64.7 Å². The van der Waals surface area contributed by atoms with Crippen LogP contribution < -0.4 is 15.4 Å². The van der Waals surface area contributed by atoms with Gasteiger partial charge >= 0.3 is 0 Å². The smallest absolute Gasteiger partial charge is 0.191 e. The maximum Gasteiger partial charge on any atom is 0.191 e. The average molecular weight is 540 g/mol. The van der Waals surface area contributed by atoms with Gasteiger partial charge in [0.05, 0.1) is 6.61 Å². The van der Waals surface area contributed by atoms with Crippen LogP contribution in [0.25, 0.3) is 0 Å². The van der Waals surface area contributed by atoms with E-state index >= 15 is 0 Å². The number of aliphatic imine (C=N–C) groups is 1. The first-order valence-corrected chi connectivity index (χ1v) is 10.4. The van der Waals surface area contributed by atoms with Crippen LogP contribution in [0, 0.1) is 6.92 Å². The molecule has 6 nitrogen and oxygen atoms in total. The van der Waals surface area contributed by atoms with Crippen molar-refractivity contribution >= 4 is 29.9 Å². The van der Waals surface area contributed by atoms with Crippen molar-refractivity contribution < 1.29 is 9.47 Å². The number of rotatable bonds is 11. The molecule has 0 atom stereocenters. The topological polar surface area (TPSA) is 58.1 Å². The molecule has 0 bridgehead atoms. The van der Waals surface area contributed by atoms with Gasteiger partial charge < -0.3 is 25.0 Å². The lowest BCUT2D eigenvalue weighted by Crippen LogP contribution is -2.36. The zero-order valence-electron chi connectivity index (χ0n) is 19.4. The van der Waals surface area contributed by atoms with E-state index in [-0.39, 0.29) is 24.0 Å². The van der Waals surface area contributed by atoms with Gasteiger partial charge in [0.1, 0.15) is 5.75 Å². The molecule has 2 aromatic carbocycles. The Morgan fingerprint density at radius 3 is 2.45 bits per heavy atom. The maximum absolute atomic E-state index is 5.98. The van der Waals surface area contributed by atoms with E-state index in [0.717, 1.165) is 36.8 Å². The Morgan fingerprint density at radius 1 is 1.00 bits per heavy atom. The predicted molar refractivity (Wildman–Crippen MR) is 139 cm³/mol. The number of benzene rings is 2. The van der Waals surface area contributed by atoms with Crippen LogP contribution in [0.5, 0.6) is 5.75 Å². The number of nitrogens with one attached hydrogen (secondary N) is 2. The molecule has 0 amide bonds. The third-order valence-corrected chi connectivity index (χ3v) is 4.59. The summed E-state index contributed by atoms with van der Waals surface area (Å²) in [6.07, 6.45) is 0.868. The van der Waals surface area contributed by atoms with Crippen LogP contribution in [0.4, 0.5) is 0 Å². The fourth-order valence-electron chi connectivity index (χ4n) is 3.12. The summed E-state index contributed by atoms with van der Waals surface area (Å²) in [5, 5.41) is 6.79. The molecule has 0 saturated heterocycles. The SMILES string of the molecule is CN=C(NCc1cccc(CN(C)C)c1)NCc1ccc(C)cc1OCCCOC.I. The lowest BCUT2D eigenvalue weighted by atomic mass is 10.1. The lowest BCUT2D eigenvalue weighted by Gasteiger charge is -2.16. The summed E-state index contributed by atoms with van der Waals surface area (Å²) in [6, 6.07) is 14.9. The molecule has 172 valence electrons. The van der Waals surface area contributed by atoms with Gasteiger partial charge in [0.25, 0.3) is 0 Å². The second-order valence-corrected chi connectivity index (χ2v) is 7.64. The van der Waals surface area contributed by atoms with E-state index < -0.39 is 0 Å². The number of nitrogens with zero attached hydrogens (tertiary/aromatic N) is 2. The van der Waals surface area contributed by atoms with Crippen molar-refractivity contribution in [1.29, 1.82) is 0 Å². The molecule has 0 spiro atoms. The monoisotopic (exact) mass is 540 g/mol. The van der Waals surface area contributed by atoms with Gasteiger partial charge in [-0.25, -0.2) is 0 Å². The second-order valence-electron chi connectivity index (χ2n) is 7.64. The Kier molecular flexibility index (Phi) is 13.2. The molecule has 2 N–H and O–H groups in total. The Hall–Kier alpha value is -1.84. The van der Waals surface area contributed by atoms with Crippen LogP contribution in [0.15, 0.2) is 47.5 Å². The molecule has 0 fully saturated rings. The van der Waals surface area contributed by atoms with Crippen LogP contribution in [0.1, 0.15) is 28.7 Å². The Balaban J connectivity index is 0.00000480. The largest absolute Gasteiger partial charge is 0.493 e. The number of hydrogen-bond acceptors (Lipinski definition) is 4. The van der Waals surface area contributed by atoms with Crippen LogP contribution in [-0.2, 0) is 24.4 Å². The van der Waals surface area contributed by atoms with Crippen LogP contribution >= 0.6 is 24.0 Å². The van der Waals surface area contributed by atoms with Crippen molar-refractivity contribution in [3.63, 3.8) is 0 Å². The lowest BCUT2D eigenvalue weighted by molar-refractivity contribution is 0.171. The molecule has 0 saturated carbocycles. The van der Waals surface area contributed by atoms with Crippen molar-refractivity contribution in [2.45, 2.75) is 33.0 Å². The fraction of sp³-hybridized carbons (Fsp3) is 0.458. The molecule has 2 rings (SSSR count). The molecule has 0 aliphatic carbocycles. The number of hydrogen-bond donors (Lipinski definition) is 2. The van der Waals surface area contributed by atoms with E-state index in [1.54, 1.807) is 14.2 Å². The summed E-state index contributed by atoms with van der Waals surface area (Å²) < 4.78 is 11.1. The normalized spacial score (nSPS) is 11.2. The molecular formula is C24H37IN4O2. The highest BCUT2D eigenvalue weighted by atomic mass is 127. The standard InChI is InChI=1S/C24H36N4O2.HI/c1-19-10-11-22(23(14-19)30-13-7-12-29-5)17-27-24(25-2)26-16-20-8-6-9-21(15-20)18-28(3)4;/h6,8-11,14-15H,7,12-13,16-18H2,1-5H3,(H2,25,26,27);1H. The summed E-state index contributed by atoms with van der Waals surface area (Å²) in [5.41, 5.74) is 4.82. The van der Waals surface area contributed by atoms with E-state index in [4.69, 9.17) is 9.47 Å². The highest BCUT2D eigenvalue weighted by Gasteiger charge is 2.07. The van der Waals surface area contributed by atoms with E-state index in [2.05, 4.69) is 84.0 Å². The first kappa shape index (κ1) is 27.2. The minimum atomic E-state index is 0. The highest BCUT2D eigenvalue weighted by molar-refractivity contribution is 14.0. The van der Waals surface area contributed by atoms with Crippen molar-refractivity contribution in [2.24, 2.45) is 4.99 Å². The number of guanidine groups is 1. The number of ether oxygens (including phenoxy) is 2. The predicted octanol–water partition coefficient (Wildman–Crippen LogP) is 3.96. The zero-order valence-corrected chi connectivity index (χ0v) is 21.7. The zero-order chi connectivity index (χ0) is 21.8. The Bertz CT molecular complexity index is 812. The third-order valence-electron chi connectivity index (χ3n) is 4.59. The molecule has 0 radical (unpaired) electrons. The van der Waals surface area contributed by atoms with Crippen LogP contribution in [-0.4, -0.2) is 52.3 Å². The molecule has 0 aliphatic heterocycles. The summed E-state index contributed by atoms with van der Waals surface area (Å²) in [5.74, 6) is 1.67. The Labute approximate surface area is 204 Å². The summed E-state index contributed by atoms with van der Waals surface area (Å²) in [4.78, 5) is 6.52. The van der Waals surface area contributed by atoms with E-state index in [1.165, 1.54) is 16.7 Å². The quantitative estimate of drug-likeness (QED) is 0.196. The highest BCUT2D eigenvalue weighted by Crippen LogP contribution is 2.20. The minimum absolute atomic E-state index is 0. The van der Waals surface area contributed by atoms with Gasteiger partial charge in [-0.05, 0) is 43.8 Å². The third kappa shape index (κ3) is 10.3. The minimum Gasteiger partial charge on any atom is -0.493 e. The number of halogens is 1. The first-order valence-electron chi connectivity index (χ1n) is 10.4. The molecule has 0 heterocycles. The van der Waals surface area contributed by atoms with Gasteiger partial charge in [-0.15, -0.1) is 24.0 Å². The first-order chi connectivity index (χ1) is 14.5.